The van der Waals surface area contributed by atoms with E-state index in [9.17, 15) is 45.9 Å². The van der Waals surface area contributed by atoms with Gasteiger partial charge in [-0.1, -0.05) is 67.4 Å². The maximum Gasteiger partial charge on any atom is 0.405 e. The highest BCUT2D eigenvalue weighted by Crippen LogP contribution is 2.24. The third-order valence-electron chi connectivity index (χ3n) is 7.33. The molecule has 51 heavy (non-hydrogen) atoms. The maximum absolute atomic E-state index is 14.9. The van der Waals surface area contributed by atoms with Gasteiger partial charge in [0, 0.05) is 22.0 Å². The highest BCUT2D eigenvalue weighted by Gasteiger charge is 2.52. The molecule has 0 radical (unpaired) electrons. The molecular formula is C34H33Cl2F5N4O6. The van der Waals surface area contributed by atoms with E-state index >= 15 is 0 Å². The summed E-state index contributed by atoms with van der Waals surface area (Å²) in [7, 11) is 1.37. The summed E-state index contributed by atoms with van der Waals surface area (Å²) in [5, 5.41) is 8.74. The van der Waals surface area contributed by atoms with Crippen LogP contribution in [0.5, 0.6) is 5.75 Å². The van der Waals surface area contributed by atoms with Crippen LogP contribution in [-0.4, -0.2) is 67.2 Å². The van der Waals surface area contributed by atoms with Crippen LogP contribution in [0.25, 0.3) is 0 Å². The average molecular weight is 760 g/mol. The van der Waals surface area contributed by atoms with E-state index in [1.54, 1.807) is 24.3 Å². The first kappa shape index (κ1) is 40.7. The van der Waals surface area contributed by atoms with Crippen molar-refractivity contribution in [3.8, 4) is 5.75 Å². The average Bonchev–Trinajstić information content (AvgIpc) is 3.07. The molecular weight excluding hydrogens is 726 g/mol. The molecule has 0 aliphatic rings. The Morgan fingerprint density at radius 3 is 1.94 bits per heavy atom. The molecule has 0 aliphatic heterocycles. The minimum absolute atomic E-state index is 0.0777. The number of hydrogen-bond acceptors (Lipinski definition) is 6. The Bertz CT molecular complexity index is 1740. The molecule has 17 heteroatoms. The summed E-state index contributed by atoms with van der Waals surface area (Å²) < 4.78 is 72.5. The number of amides is 4. The van der Waals surface area contributed by atoms with Gasteiger partial charge in [0.2, 0.25) is 17.6 Å². The third kappa shape index (κ3) is 11.6. The molecule has 274 valence electrons. The molecule has 0 bridgehead atoms. The molecule has 3 rings (SSSR count). The number of benzene rings is 3. The molecule has 3 aromatic carbocycles. The normalized spacial score (nSPS) is 13.4. The van der Waals surface area contributed by atoms with Crippen molar-refractivity contribution in [3.05, 3.63) is 99.5 Å². The highest BCUT2D eigenvalue weighted by molar-refractivity contribution is 6.31. The molecule has 4 N–H and O–H groups in total. The van der Waals surface area contributed by atoms with Gasteiger partial charge in [-0.05, 0) is 59.5 Å². The summed E-state index contributed by atoms with van der Waals surface area (Å²) in [5.74, 6) is -13.3. The minimum atomic E-state index is -5.04. The number of nitrogens with one attached hydrogen (secondary N) is 4. The van der Waals surface area contributed by atoms with Crippen LogP contribution in [0.2, 0.25) is 10.0 Å². The van der Waals surface area contributed by atoms with Crippen LogP contribution in [0.15, 0.2) is 72.8 Å². The maximum atomic E-state index is 14.9. The highest BCUT2D eigenvalue weighted by atomic mass is 35.5. The molecule has 4 amide bonds. The number of ether oxygens (including phenoxy) is 1. The Labute approximate surface area is 299 Å². The number of alkyl halides is 5. The molecule has 0 saturated carbocycles. The number of carbonyl (C=O) groups is 5. The Hall–Kier alpha value is -4.76. The lowest BCUT2D eigenvalue weighted by Crippen LogP contribution is -2.58. The first-order valence-corrected chi connectivity index (χ1v) is 15.9. The zero-order valence-corrected chi connectivity index (χ0v) is 28.8. The monoisotopic (exact) mass is 758 g/mol. The van der Waals surface area contributed by atoms with Crippen LogP contribution in [0.1, 0.15) is 41.4 Å². The summed E-state index contributed by atoms with van der Waals surface area (Å²) in [6.45, 7) is 0.378. The summed E-state index contributed by atoms with van der Waals surface area (Å²) in [6.07, 6.45) is -5.18. The summed E-state index contributed by atoms with van der Waals surface area (Å²) in [6, 6.07) is 12.7. The van der Waals surface area contributed by atoms with E-state index in [1.165, 1.54) is 69.5 Å². The molecule has 3 atom stereocenters. The number of Topliss-reactive ketones (excluding diaryl/α,β-unsaturated/α-hetero) is 1. The largest absolute Gasteiger partial charge is 0.497 e. The molecule has 3 aromatic rings. The second-order valence-electron chi connectivity index (χ2n) is 11.6. The van der Waals surface area contributed by atoms with Crippen molar-refractivity contribution in [1.82, 2.24) is 21.3 Å². The van der Waals surface area contributed by atoms with Gasteiger partial charge in [0.05, 0.1) is 13.2 Å². The number of rotatable bonds is 15. The van der Waals surface area contributed by atoms with Gasteiger partial charge in [-0.3, -0.25) is 24.0 Å². The number of methoxy groups -OCH3 is 1. The van der Waals surface area contributed by atoms with Crippen LogP contribution in [0, 0.1) is 5.92 Å². The van der Waals surface area contributed by atoms with Gasteiger partial charge >= 0.3 is 12.1 Å². The van der Waals surface area contributed by atoms with Crippen LogP contribution in [0.4, 0.5) is 22.0 Å². The molecule has 0 fully saturated rings. The van der Waals surface area contributed by atoms with Gasteiger partial charge in [0.1, 0.15) is 24.4 Å². The predicted molar refractivity (Wildman–Crippen MR) is 178 cm³/mol. The summed E-state index contributed by atoms with van der Waals surface area (Å²) >= 11 is 12.2. The fourth-order valence-electron chi connectivity index (χ4n) is 4.69. The van der Waals surface area contributed by atoms with E-state index in [-0.39, 0.29) is 22.6 Å². The minimum Gasteiger partial charge on any atom is -0.497 e. The van der Waals surface area contributed by atoms with Gasteiger partial charge in [0.25, 0.3) is 11.8 Å². The standard InChI is InChI=1S/C34H33Cl2F5N4O6/c1-18(2)26(28(46)34(40,41)32(50)42-17-33(37,38)39)44-31(49)27(20-10-12-24(51-3)13-11-20)45-30(48)25(15-19-6-4-8-22(35)14-19)43-29(47)21-7-5-9-23(36)16-21/h4-14,16,18,25-27H,15,17H2,1-3H3,(H,42,50)(H,43,47)(H,44,49)(H,45,48)/t25?,26-,27?/m0/s1. The first-order valence-electron chi connectivity index (χ1n) is 15.1. The quantitative estimate of drug-likeness (QED) is 0.124. The lowest BCUT2D eigenvalue weighted by Gasteiger charge is -2.28. The predicted octanol–water partition coefficient (Wildman–Crippen LogP) is 5.22. The topological polar surface area (TPSA) is 143 Å². The Balaban J connectivity index is 1.97. The fraction of sp³-hybridized carbons (Fsp3) is 0.324. The van der Waals surface area contributed by atoms with Crippen molar-refractivity contribution in [1.29, 1.82) is 0 Å². The van der Waals surface area contributed by atoms with E-state index in [0.717, 1.165) is 5.32 Å². The SMILES string of the molecule is COc1ccc(C(NC(=O)C(Cc2cccc(Cl)c2)NC(=O)c2cccc(Cl)c2)C(=O)N[C@H](C(=O)C(F)(F)C(=O)NCC(F)(F)F)C(C)C)cc1. The Morgan fingerprint density at radius 2 is 1.39 bits per heavy atom. The number of halogens is 7. The Kier molecular flexibility index (Phi) is 13.9. The van der Waals surface area contributed by atoms with Gasteiger partial charge in [0.15, 0.2) is 0 Å². The first-order chi connectivity index (χ1) is 23.8. The van der Waals surface area contributed by atoms with Crippen LogP contribution >= 0.6 is 23.2 Å². The lowest BCUT2D eigenvalue weighted by atomic mass is 9.94. The number of ketones is 1. The number of carbonyl (C=O) groups excluding carboxylic acids is 5. The van der Waals surface area contributed by atoms with Crippen molar-refractivity contribution in [2.24, 2.45) is 5.92 Å². The van der Waals surface area contributed by atoms with E-state index in [0.29, 0.717) is 16.3 Å². The van der Waals surface area contributed by atoms with Gasteiger partial charge in [-0.15, -0.1) is 0 Å². The van der Waals surface area contributed by atoms with Crippen molar-refractivity contribution < 1.29 is 50.7 Å². The molecule has 10 nitrogen and oxygen atoms in total. The van der Waals surface area contributed by atoms with E-state index in [2.05, 4.69) is 16.0 Å². The van der Waals surface area contributed by atoms with E-state index in [1.807, 2.05) is 0 Å². The summed E-state index contributed by atoms with van der Waals surface area (Å²) in [4.78, 5) is 65.8. The van der Waals surface area contributed by atoms with Crippen LogP contribution < -0.4 is 26.0 Å². The van der Waals surface area contributed by atoms with Gasteiger partial charge < -0.3 is 26.0 Å². The second kappa shape index (κ2) is 17.4. The number of hydrogen-bond donors (Lipinski definition) is 4. The summed E-state index contributed by atoms with van der Waals surface area (Å²) in [5.41, 5.74) is 0.694. The Morgan fingerprint density at radius 1 is 0.784 bits per heavy atom. The van der Waals surface area contributed by atoms with Crippen molar-refractivity contribution in [2.45, 2.75) is 50.5 Å². The van der Waals surface area contributed by atoms with Gasteiger partial charge in [-0.25, -0.2) is 0 Å². The van der Waals surface area contributed by atoms with Crippen molar-refractivity contribution in [3.63, 3.8) is 0 Å². The zero-order chi connectivity index (χ0) is 38.1. The lowest BCUT2D eigenvalue weighted by molar-refractivity contribution is -0.165. The fourth-order valence-corrected chi connectivity index (χ4v) is 5.09. The molecule has 0 aromatic heterocycles. The van der Waals surface area contributed by atoms with Crippen molar-refractivity contribution >= 4 is 52.6 Å². The molecule has 0 aliphatic carbocycles. The zero-order valence-electron chi connectivity index (χ0n) is 27.2. The second-order valence-corrected chi connectivity index (χ2v) is 12.4. The third-order valence-corrected chi connectivity index (χ3v) is 7.80. The van der Waals surface area contributed by atoms with Crippen LogP contribution in [0.3, 0.4) is 0 Å². The molecule has 2 unspecified atom stereocenters. The smallest absolute Gasteiger partial charge is 0.405 e. The van der Waals surface area contributed by atoms with Crippen LogP contribution in [-0.2, 0) is 25.6 Å². The molecule has 0 saturated heterocycles. The van der Waals surface area contributed by atoms with Gasteiger partial charge in [-0.2, -0.15) is 22.0 Å². The van der Waals surface area contributed by atoms with E-state index in [4.69, 9.17) is 27.9 Å². The van der Waals surface area contributed by atoms with E-state index < -0.39 is 72.1 Å². The molecule has 0 spiro atoms. The van der Waals surface area contributed by atoms with Crippen molar-refractivity contribution in [2.75, 3.05) is 13.7 Å². The molecule has 0 heterocycles.